The summed E-state index contributed by atoms with van der Waals surface area (Å²) in [5.41, 5.74) is 0. The number of quaternary nitrogens is 1. The molecule has 9 nitrogen and oxygen atoms in total. The Morgan fingerprint density at radius 3 is 1.42 bits per heavy atom. The summed E-state index contributed by atoms with van der Waals surface area (Å²) in [5.74, 6) is -2.37. The third-order valence-corrected chi connectivity index (χ3v) is 9.10. The second-order valence-corrected chi connectivity index (χ2v) is 16.0. The number of aliphatic carboxylic acids is 1. The Balaban J connectivity index is 4.42. The minimum absolute atomic E-state index is 0.134. The van der Waals surface area contributed by atoms with Gasteiger partial charge < -0.3 is 33.3 Å². The van der Waals surface area contributed by atoms with Crippen molar-refractivity contribution in [2.24, 2.45) is 0 Å². The zero-order valence-corrected chi connectivity index (χ0v) is 38.3. The summed E-state index contributed by atoms with van der Waals surface area (Å²) < 4.78 is 22.4. The van der Waals surface area contributed by atoms with E-state index in [0.717, 1.165) is 83.5 Å². The zero-order chi connectivity index (χ0) is 44.2. The molecule has 0 aliphatic carbocycles. The second-order valence-electron chi connectivity index (χ2n) is 16.0. The van der Waals surface area contributed by atoms with Crippen LogP contribution in [0.3, 0.4) is 0 Å². The van der Waals surface area contributed by atoms with Crippen LogP contribution in [-0.4, -0.2) is 82.3 Å². The third-order valence-electron chi connectivity index (χ3n) is 9.10. The monoisotopic (exact) mass is 838 g/mol. The number of likely N-dealkylation sites (N-methyl/N-ethyl adjacent to an activating group) is 1. The van der Waals surface area contributed by atoms with E-state index < -0.39 is 24.3 Å². The van der Waals surface area contributed by atoms with Gasteiger partial charge in [0.2, 0.25) is 0 Å². The maximum atomic E-state index is 12.7. The van der Waals surface area contributed by atoms with Crippen LogP contribution in [0.4, 0.5) is 0 Å². The lowest BCUT2D eigenvalue weighted by Gasteiger charge is -2.26. The Bertz CT molecular complexity index is 1300. The predicted octanol–water partition coefficient (Wildman–Crippen LogP) is 10.9. The molecule has 0 rings (SSSR count). The highest BCUT2D eigenvalue weighted by molar-refractivity contribution is 5.70. The van der Waals surface area contributed by atoms with Crippen molar-refractivity contribution in [3.05, 3.63) is 97.2 Å². The molecule has 0 amide bonds. The van der Waals surface area contributed by atoms with E-state index in [1.165, 1.54) is 32.1 Å². The standard InChI is InChI=1S/C51H83NO8/c1-6-8-10-12-14-16-17-18-19-20-21-22-23-24-25-26-27-28-29-30-31-32-33-34-36-38-40-42-49(54)60-47(46-59-51(50(55)56)57-44-43-52(3,4)5)45-58-48(53)41-39-37-35-15-13-11-9-7-2/h8,10,14,16,18-19,21-22,24-25,27-28,30-31,33-34,47,51H,6-7,9,11-13,15,17,20,23,26,29,32,35-46H2,1-5H3/b10-8-,16-14-,19-18-,22-21-,25-24-,28-27-,31-30-,34-33-. The molecule has 0 saturated heterocycles. The normalized spacial score (nSPS) is 13.8. The molecular weight excluding hydrogens is 755 g/mol. The molecule has 2 atom stereocenters. The predicted molar refractivity (Wildman–Crippen MR) is 246 cm³/mol. The Hall–Kier alpha value is -3.79. The first-order valence-electron chi connectivity index (χ1n) is 22.9. The highest BCUT2D eigenvalue weighted by atomic mass is 16.7. The first kappa shape index (κ1) is 56.2. The topological polar surface area (TPSA) is 111 Å². The fourth-order valence-corrected chi connectivity index (χ4v) is 5.55. The molecule has 0 aromatic carbocycles. The highest BCUT2D eigenvalue weighted by Gasteiger charge is 2.21. The smallest absolute Gasteiger partial charge is 0.306 e. The van der Waals surface area contributed by atoms with Crippen LogP contribution in [0.1, 0.15) is 149 Å². The van der Waals surface area contributed by atoms with Crippen molar-refractivity contribution in [2.75, 3.05) is 47.5 Å². The zero-order valence-electron chi connectivity index (χ0n) is 38.3. The summed E-state index contributed by atoms with van der Waals surface area (Å²) in [6.07, 6.45) is 51.8. The van der Waals surface area contributed by atoms with E-state index in [4.69, 9.17) is 18.9 Å². The molecule has 9 heteroatoms. The molecule has 0 N–H and O–H groups in total. The van der Waals surface area contributed by atoms with Crippen LogP contribution < -0.4 is 5.11 Å². The summed E-state index contributed by atoms with van der Waals surface area (Å²) in [4.78, 5) is 36.8. The number of carbonyl (C=O) groups excluding carboxylic acids is 3. The van der Waals surface area contributed by atoms with Gasteiger partial charge in [0.25, 0.3) is 0 Å². The van der Waals surface area contributed by atoms with Crippen LogP contribution in [0.2, 0.25) is 0 Å². The van der Waals surface area contributed by atoms with Gasteiger partial charge in [0.15, 0.2) is 12.4 Å². The van der Waals surface area contributed by atoms with Crippen LogP contribution in [0.5, 0.6) is 0 Å². The van der Waals surface area contributed by atoms with Crippen LogP contribution in [-0.2, 0) is 33.3 Å². The number of carboxylic acid groups (broad SMARTS) is 1. The number of allylic oxidation sites excluding steroid dienone is 16. The van der Waals surface area contributed by atoms with Gasteiger partial charge in [-0.1, -0.05) is 156 Å². The summed E-state index contributed by atoms with van der Waals surface area (Å²) in [7, 11) is 5.88. The summed E-state index contributed by atoms with van der Waals surface area (Å²) in [6.45, 7) is 4.50. The Kier molecular flexibility index (Phi) is 39.3. The molecule has 0 saturated carbocycles. The molecule has 0 fully saturated rings. The maximum absolute atomic E-state index is 12.7. The first-order valence-corrected chi connectivity index (χ1v) is 22.9. The van der Waals surface area contributed by atoms with Crippen molar-refractivity contribution >= 4 is 17.9 Å². The maximum Gasteiger partial charge on any atom is 0.306 e. The summed E-state index contributed by atoms with van der Waals surface area (Å²) in [6, 6.07) is 0. The number of hydrogen-bond donors (Lipinski definition) is 0. The van der Waals surface area contributed by atoms with E-state index in [9.17, 15) is 19.5 Å². The van der Waals surface area contributed by atoms with Gasteiger partial charge in [-0.15, -0.1) is 0 Å². The van der Waals surface area contributed by atoms with E-state index in [2.05, 4.69) is 111 Å². The van der Waals surface area contributed by atoms with Gasteiger partial charge in [-0.25, -0.2) is 0 Å². The van der Waals surface area contributed by atoms with Gasteiger partial charge >= 0.3 is 11.9 Å². The highest BCUT2D eigenvalue weighted by Crippen LogP contribution is 2.12. The van der Waals surface area contributed by atoms with Crippen molar-refractivity contribution in [3.63, 3.8) is 0 Å². The van der Waals surface area contributed by atoms with Gasteiger partial charge in [-0.2, -0.15) is 0 Å². The molecule has 60 heavy (non-hydrogen) atoms. The third kappa shape index (κ3) is 42.3. The van der Waals surface area contributed by atoms with Gasteiger partial charge in [0.05, 0.1) is 40.3 Å². The van der Waals surface area contributed by atoms with Crippen molar-refractivity contribution < 1.29 is 42.9 Å². The fourth-order valence-electron chi connectivity index (χ4n) is 5.55. The van der Waals surface area contributed by atoms with Gasteiger partial charge in [0, 0.05) is 12.8 Å². The number of carboxylic acids is 1. The number of ether oxygens (including phenoxy) is 4. The SMILES string of the molecule is CC/C=C\C/C=C\C/C=C\C/C=C\C/C=C\C/C=C\C/C=C\C/C=C\CCCCC(=O)OC(COC(=O)CCCCCCCCCC)COC(OCC[N+](C)(C)C)C(=O)[O-]. The van der Waals surface area contributed by atoms with Crippen LogP contribution >= 0.6 is 0 Å². The average molecular weight is 838 g/mol. The van der Waals surface area contributed by atoms with Crippen molar-refractivity contribution in [2.45, 2.75) is 161 Å². The molecule has 2 unspecified atom stereocenters. The molecule has 0 aliphatic rings. The van der Waals surface area contributed by atoms with Gasteiger partial charge in [0.1, 0.15) is 13.2 Å². The van der Waals surface area contributed by atoms with Crippen molar-refractivity contribution in [1.82, 2.24) is 0 Å². The minimum Gasteiger partial charge on any atom is -0.545 e. The Morgan fingerprint density at radius 2 is 0.950 bits per heavy atom. The molecule has 0 aromatic heterocycles. The van der Waals surface area contributed by atoms with Gasteiger partial charge in [-0.3, -0.25) is 9.59 Å². The quantitative estimate of drug-likeness (QED) is 0.0197. The van der Waals surface area contributed by atoms with E-state index in [0.29, 0.717) is 17.4 Å². The van der Waals surface area contributed by atoms with Crippen molar-refractivity contribution in [1.29, 1.82) is 0 Å². The minimum atomic E-state index is -1.64. The Labute approximate surface area is 365 Å². The van der Waals surface area contributed by atoms with E-state index in [1.54, 1.807) is 0 Å². The van der Waals surface area contributed by atoms with Crippen LogP contribution in [0.25, 0.3) is 0 Å². The number of carbonyl (C=O) groups is 3. The van der Waals surface area contributed by atoms with Crippen LogP contribution in [0, 0.1) is 0 Å². The summed E-state index contributed by atoms with van der Waals surface area (Å²) in [5, 5.41) is 11.7. The van der Waals surface area contributed by atoms with E-state index in [-0.39, 0.29) is 38.6 Å². The molecule has 0 spiro atoms. The lowest BCUT2D eigenvalue weighted by atomic mass is 10.1. The molecule has 0 aromatic rings. The lowest BCUT2D eigenvalue weighted by molar-refractivity contribution is -0.870. The number of esters is 2. The Morgan fingerprint density at radius 1 is 0.517 bits per heavy atom. The fraction of sp³-hybridized carbons (Fsp3) is 0.627. The average Bonchev–Trinajstić information content (AvgIpc) is 3.21. The van der Waals surface area contributed by atoms with Crippen LogP contribution in [0.15, 0.2) is 97.2 Å². The van der Waals surface area contributed by atoms with E-state index >= 15 is 0 Å². The first-order chi connectivity index (χ1) is 29.1. The molecule has 0 bridgehead atoms. The largest absolute Gasteiger partial charge is 0.545 e. The number of hydrogen-bond acceptors (Lipinski definition) is 8. The molecular formula is C51H83NO8. The number of nitrogens with zero attached hydrogens (tertiary/aromatic N) is 1. The van der Waals surface area contributed by atoms with Gasteiger partial charge in [-0.05, 0) is 77.0 Å². The summed E-state index contributed by atoms with van der Waals surface area (Å²) >= 11 is 0. The lowest BCUT2D eigenvalue weighted by Crippen LogP contribution is -2.44. The van der Waals surface area contributed by atoms with Crippen molar-refractivity contribution in [3.8, 4) is 0 Å². The molecule has 0 heterocycles. The molecule has 0 aliphatic heterocycles. The molecule has 0 radical (unpaired) electrons. The molecule has 340 valence electrons. The second kappa shape index (κ2) is 41.9. The van der Waals surface area contributed by atoms with E-state index in [1.807, 2.05) is 21.1 Å². The number of rotatable bonds is 40. The number of unbranched alkanes of at least 4 members (excludes halogenated alkanes) is 9.